The second-order valence-electron chi connectivity index (χ2n) is 9.47. The molecule has 2 aromatic heterocycles. The number of hydrogen-bond donors (Lipinski definition) is 3. The van der Waals surface area contributed by atoms with Crippen LogP contribution >= 0.6 is 0 Å². The first kappa shape index (κ1) is 27.1. The molecule has 0 aliphatic rings. The number of halogens is 1. The molecule has 0 aliphatic carbocycles. The summed E-state index contributed by atoms with van der Waals surface area (Å²) < 4.78 is 13.5. The molecule has 6 heteroatoms. The van der Waals surface area contributed by atoms with Gasteiger partial charge in [0.2, 0.25) is 0 Å². The van der Waals surface area contributed by atoms with Crippen molar-refractivity contribution in [1.82, 2.24) is 20.3 Å². The van der Waals surface area contributed by atoms with Gasteiger partial charge in [-0.15, -0.1) is 0 Å². The van der Waals surface area contributed by atoms with E-state index in [1.165, 1.54) is 12.1 Å². The van der Waals surface area contributed by atoms with Gasteiger partial charge in [-0.1, -0.05) is 74.3 Å². The molecule has 3 aromatic carbocycles. The summed E-state index contributed by atoms with van der Waals surface area (Å²) in [6.45, 7) is 14.4. The van der Waals surface area contributed by atoms with Gasteiger partial charge in [0.05, 0.1) is 17.2 Å². The van der Waals surface area contributed by atoms with Crippen LogP contribution in [0.15, 0.2) is 129 Å². The number of H-pyrrole nitrogens is 1. The van der Waals surface area contributed by atoms with Gasteiger partial charge in [0.25, 0.3) is 0 Å². The summed E-state index contributed by atoms with van der Waals surface area (Å²) in [4.78, 5) is 12.5. The fourth-order valence-electron chi connectivity index (χ4n) is 4.57. The highest BCUT2D eigenvalue weighted by atomic mass is 19.1. The van der Waals surface area contributed by atoms with E-state index in [1.807, 2.05) is 67.6 Å². The van der Waals surface area contributed by atoms with E-state index < -0.39 is 0 Å². The molecule has 0 unspecified atom stereocenters. The number of aromatic nitrogens is 3. The van der Waals surface area contributed by atoms with Crippen molar-refractivity contribution in [2.24, 2.45) is 0 Å². The Bertz CT molecular complexity index is 1830. The van der Waals surface area contributed by atoms with Gasteiger partial charge in [-0.25, -0.2) is 9.37 Å². The Labute approximate surface area is 239 Å². The predicted molar refractivity (Wildman–Crippen MR) is 169 cm³/mol. The molecule has 0 bridgehead atoms. The van der Waals surface area contributed by atoms with Crippen molar-refractivity contribution in [2.45, 2.75) is 6.92 Å². The third-order valence-electron chi connectivity index (χ3n) is 6.81. The Balaban J connectivity index is 1.46. The lowest BCUT2D eigenvalue weighted by Gasteiger charge is -2.14. The quantitative estimate of drug-likeness (QED) is 0.130. The molecular weight excluding hydrogens is 509 g/mol. The smallest absolute Gasteiger partial charge is 0.138 e. The van der Waals surface area contributed by atoms with E-state index in [4.69, 9.17) is 10.7 Å². The molecule has 0 saturated heterocycles. The van der Waals surface area contributed by atoms with Crippen molar-refractivity contribution in [1.29, 1.82) is 0 Å². The van der Waals surface area contributed by atoms with Crippen LogP contribution in [0.1, 0.15) is 29.4 Å². The number of nitrogen functional groups attached to an aromatic ring is 1. The summed E-state index contributed by atoms with van der Waals surface area (Å²) in [6.07, 6.45) is 9.23. The Morgan fingerprint density at radius 3 is 2.44 bits per heavy atom. The van der Waals surface area contributed by atoms with Crippen LogP contribution in [0.5, 0.6) is 0 Å². The molecule has 4 N–H and O–H groups in total. The van der Waals surface area contributed by atoms with Crippen LogP contribution in [0.4, 0.5) is 10.1 Å². The normalized spacial score (nSPS) is 11.9. The Kier molecular flexibility index (Phi) is 7.74. The lowest BCUT2D eigenvalue weighted by Crippen LogP contribution is -2.09. The zero-order valence-corrected chi connectivity index (χ0v) is 22.8. The van der Waals surface area contributed by atoms with Gasteiger partial charge in [0.1, 0.15) is 11.6 Å². The highest BCUT2D eigenvalue weighted by molar-refractivity contribution is 5.94. The van der Waals surface area contributed by atoms with Crippen molar-refractivity contribution in [3.63, 3.8) is 0 Å². The van der Waals surface area contributed by atoms with E-state index in [0.717, 1.165) is 55.8 Å². The first-order valence-corrected chi connectivity index (χ1v) is 13.1. The maximum absolute atomic E-state index is 13.5. The minimum absolute atomic E-state index is 0.298. The molecule has 41 heavy (non-hydrogen) atoms. The molecule has 0 saturated carbocycles. The van der Waals surface area contributed by atoms with Gasteiger partial charge in [-0.3, -0.25) is 4.98 Å². The molecule has 5 aromatic rings. The van der Waals surface area contributed by atoms with Gasteiger partial charge in [0, 0.05) is 40.0 Å². The second kappa shape index (κ2) is 11.7. The van der Waals surface area contributed by atoms with E-state index in [-0.39, 0.29) is 5.82 Å². The molecule has 5 rings (SSSR count). The minimum atomic E-state index is -0.298. The molecule has 0 radical (unpaired) electrons. The van der Waals surface area contributed by atoms with Crippen LogP contribution < -0.4 is 11.1 Å². The first-order valence-electron chi connectivity index (χ1n) is 13.1. The average Bonchev–Trinajstić information content (AvgIpc) is 3.45. The average molecular weight is 540 g/mol. The number of fused-ring (bicyclic) bond motifs is 1. The highest BCUT2D eigenvalue weighted by Crippen LogP contribution is 2.32. The molecule has 202 valence electrons. The Morgan fingerprint density at radius 2 is 1.73 bits per heavy atom. The molecular formula is C35H30FN5. The zero-order valence-electron chi connectivity index (χ0n) is 22.8. The second-order valence-corrected chi connectivity index (χ2v) is 9.47. The van der Waals surface area contributed by atoms with E-state index in [0.29, 0.717) is 17.1 Å². The van der Waals surface area contributed by atoms with Gasteiger partial charge < -0.3 is 16.0 Å². The summed E-state index contributed by atoms with van der Waals surface area (Å²) in [5.41, 5.74) is 16.0. The van der Waals surface area contributed by atoms with E-state index >= 15 is 0 Å². The van der Waals surface area contributed by atoms with Crippen LogP contribution in [-0.2, 0) is 0 Å². The number of hydrogen-bond acceptors (Lipinski definition) is 4. The number of imidazole rings is 1. The van der Waals surface area contributed by atoms with E-state index in [9.17, 15) is 4.39 Å². The lowest BCUT2D eigenvalue weighted by molar-refractivity contribution is 0.628. The number of benzene rings is 3. The number of anilines is 1. The zero-order chi connectivity index (χ0) is 28.9. The van der Waals surface area contributed by atoms with Gasteiger partial charge in [0.15, 0.2) is 0 Å². The molecule has 0 atom stereocenters. The van der Waals surface area contributed by atoms with Gasteiger partial charge in [-0.2, -0.15) is 0 Å². The van der Waals surface area contributed by atoms with Crippen LogP contribution in [0.25, 0.3) is 39.0 Å². The Hall–Kier alpha value is -5.49. The fourth-order valence-corrected chi connectivity index (χ4v) is 4.57. The molecule has 0 amide bonds. The summed E-state index contributed by atoms with van der Waals surface area (Å²) in [6, 6.07) is 22.0. The highest BCUT2D eigenvalue weighted by Gasteiger charge is 2.15. The fraction of sp³-hybridized carbons (Fsp3) is 0.0286. The van der Waals surface area contributed by atoms with Crippen molar-refractivity contribution in [2.75, 3.05) is 5.73 Å². The summed E-state index contributed by atoms with van der Waals surface area (Å²) >= 11 is 0. The maximum Gasteiger partial charge on any atom is 0.138 e. The summed E-state index contributed by atoms with van der Waals surface area (Å²) in [5, 5.41) is 3.35. The number of nitrogens with two attached hydrogens (primary N) is 1. The molecule has 0 fully saturated rings. The van der Waals surface area contributed by atoms with Crippen molar-refractivity contribution < 1.29 is 4.39 Å². The third kappa shape index (κ3) is 5.77. The van der Waals surface area contributed by atoms with Crippen molar-refractivity contribution in [3.05, 3.63) is 157 Å². The number of allylic oxidation sites excluding steroid dienone is 4. The monoisotopic (exact) mass is 539 g/mol. The number of nitrogens with zero attached hydrogens (tertiary/aromatic N) is 2. The molecule has 2 heterocycles. The topological polar surface area (TPSA) is 79.6 Å². The summed E-state index contributed by atoms with van der Waals surface area (Å²) in [7, 11) is 0. The van der Waals surface area contributed by atoms with Crippen molar-refractivity contribution in [3.8, 4) is 11.1 Å². The molecule has 5 nitrogen and oxygen atoms in total. The number of nitrogens with one attached hydrogen (secondary N) is 2. The van der Waals surface area contributed by atoms with Crippen LogP contribution in [0.3, 0.4) is 0 Å². The largest absolute Gasteiger partial charge is 0.398 e. The van der Waals surface area contributed by atoms with Crippen LogP contribution in [0.2, 0.25) is 0 Å². The lowest BCUT2D eigenvalue weighted by atomic mass is 9.97. The van der Waals surface area contributed by atoms with E-state index in [2.05, 4.69) is 35.0 Å². The van der Waals surface area contributed by atoms with Gasteiger partial charge >= 0.3 is 0 Å². The first-order chi connectivity index (χ1) is 19.9. The number of aromatic amines is 1. The summed E-state index contributed by atoms with van der Waals surface area (Å²) in [5.74, 6) is 0.276. The SMILES string of the molecule is C=C/C(=C\C(=C/C)c1ccc(N)c(C(=C)c2nc3c(-c4ccc(F)cc4)cncc3[nH]2)c1)NC(=C)c1ccccc1. The third-order valence-corrected chi connectivity index (χ3v) is 6.81. The molecule has 0 aliphatic heterocycles. The predicted octanol–water partition coefficient (Wildman–Crippen LogP) is 8.14. The Morgan fingerprint density at radius 1 is 0.976 bits per heavy atom. The van der Waals surface area contributed by atoms with Crippen LogP contribution in [-0.4, -0.2) is 15.0 Å². The van der Waals surface area contributed by atoms with Crippen molar-refractivity contribution >= 4 is 33.6 Å². The van der Waals surface area contributed by atoms with Gasteiger partial charge in [-0.05, 0) is 65.6 Å². The number of rotatable bonds is 9. The number of pyridine rings is 1. The van der Waals surface area contributed by atoms with Crippen LogP contribution in [0, 0.1) is 5.82 Å². The van der Waals surface area contributed by atoms with E-state index in [1.54, 1.807) is 30.6 Å². The standard InChI is InChI=1S/C35H30FN5/c1-5-24(18-29(6-2)39-23(4)25-10-8-7-9-11-25)27-14-17-32(37)30(19-27)22(3)35-40-33-21-38-20-31(34(33)41-35)26-12-15-28(36)16-13-26/h5-21,39H,2-4,37H2,1H3,(H,40,41)/b24-5+,29-18+. The minimum Gasteiger partial charge on any atom is -0.398 e. The molecule has 0 spiro atoms. The maximum atomic E-state index is 13.5.